The van der Waals surface area contributed by atoms with Crippen molar-refractivity contribution in [3.8, 4) is 0 Å². The first-order valence-electron chi connectivity index (χ1n) is 5.56. The van der Waals surface area contributed by atoms with Crippen molar-refractivity contribution in [3.63, 3.8) is 0 Å². The highest BCUT2D eigenvalue weighted by molar-refractivity contribution is 4.95. The van der Waals surface area contributed by atoms with Crippen LogP contribution in [0.25, 0.3) is 0 Å². The van der Waals surface area contributed by atoms with Crippen LogP contribution in [-0.2, 0) is 0 Å². The number of nitrogens with zero attached hydrogens (tertiary/aromatic N) is 1. The maximum absolute atomic E-state index is 3.59. The number of hydrogen-bond acceptors (Lipinski definition) is 2. The molecule has 0 amide bonds. The Morgan fingerprint density at radius 1 is 1.38 bits per heavy atom. The van der Waals surface area contributed by atoms with Gasteiger partial charge in [0.05, 0.1) is 0 Å². The molecule has 0 radical (unpaired) electrons. The zero-order chi connectivity index (χ0) is 9.47. The molecule has 0 aliphatic carbocycles. The molecule has 2 unspecified atom stereocenters. The van der Waals surface area contributed by atoms with E-state index in [2.05, 4.69) is 31.0 Å². The van der Waals surface area contributed by atoms with Crippen molar-refractivity contribution in [2.24, 2.45) is 5.41 Å². The van der Waals surface area contributed by atoms with E-state index >= 15 is 0 Å². The van der Waals surface area contributed by atoms with Crippen LogP contribution in [0.2, 0.25) is 0 Å². The molecule has 0 aromatic carbocycles. The number of likely N-dealkylation sites (tertiary alicyclic amines) is 1. The second-order valence-corrected chi connectivity index (χ2v) is 5.51. The maximum atomic E-state index is 3.59. The lowest BCUT2D eigenvalue weighted by Gasteiger charge is -2.50. The molecule has 0 spiro atoms. The van der Waals surface area contributed by atoms with Gasteiger partial charge in [-0.25, -0.2) is 0 Å². The van der Waals surface area contributed by atoms with E-state index in [4.69, 9.17) is 0 Å². The van der Waals surface area contributed by atoms with Gasteiger partial charge in [-0.1, -0.05) is 13.8 Å². The SMILES string of the molecule is CC(C1CCCN1)N1CC(C)(C)C1. The van der Waals surface area contributed by atoms with Crippen molar-refractivity contribution in [1.82, 2.24) is 10.2 Å². The fourth-order valence-electron chi connectivity index (χ4n) is 2.72. The molecule has 2 heteroatoms. The first-order valence-corrected chi connectivity index (χ1v) is 5.56. The van der Waals surface area contributed by atoms with Gasteiger partial charge in [0.1, 0.15) is 0 Å². The molecule has 2 fully saturated rings. The van der Waals surface area contributed by atoms with Crippen LogP contribution in [0.5, 0.6) is 0 Å². The lowest BCUT2D eigenvalue weighted by Crippen LogP contribution is -2.60. The predicted molar refractivity (Wildman–Crippen MR) is 55.8 cm³/mol. The summed E-state index contributed by atoms with van der Waals surface area (Å²) in [5, 5.41) is 3.59. The third kappa shape index (κ3) is 1.89. The molecule has 2 nitrogen and oxygen atoms in total. The van der Waals surface area contributed by atoms with E-state index in [1.165, 1.54) is 32.5 Å². The van der Waals surface area contributed by atoms with E-state index < -0.39 is 0 Å². The highest BCUT2D eigenvalue weighted by Crippen LogP contribution is 2.32. The van der Waals surface area contributed by atoms with E-state index in [1.54, 1.807) is 0 Å². The Bertz CT molecular complexity index is 175. The Morgan fingerprint density at radius 3 is 2.54 bits per heavy atom. The molecule has 2 saturated heterocycles. The molecule has 1 N–H and O–H groups in total. The van der Waals surface area contributed by atoms with E-state index in [0.29, 0.717) is 5.41 Å². The second kappa shape index (κ2) is 3.25. The zero-order valence-corrected chi connectivity index (χ0v) is 9.14. The average Bonchev–Trinajstić information content (AvgIpc) is 2.50. The van der Waals surface area contributed by atoms with Crippen LogP contribution in [0.4, 0.5) is 0 Å². The Balaban J connectivity index is 1.81. The Morgan fingerprint density at radius 2 is 2.08 bits per heavy atom. The Kier molecular flexibility index (Phi) is 2.37. The minimum Gasteiger partial charge on any atom is -0.312 e. The van der Waals surface area contributed by atoms with Crippen LogP contribution in [0.1, 0.15) is 33.6 Å². The summed E-state index contributed by atoms with van der Waals surface area (Å²) in [6.45, 7) is 10.9. The number of rotatable bonds is 2. The van der Waals surface area contributed by atoms with Crippen LogP contribution in [0.3, 0.4) is 0 Å². The molecule has 2 aliphatic rings. The Hall–Kier alpha value is -0.0800. The molecule has 2 rings (SSSR count). The largest absolute Gasteiger partial charge is 0.312 e. The van der Waals surface area contributed by atoms with Gasteiger partial charge < -0.3 is 5.32 Å². The fraction of sp³-hybridized carbons (Fsp3) is 1.00. The van der Waals surface area contributed by atoms with Gasteiger partial charge in [0.15, 0.2) is 0 Å². The summed E-state index contributed by atoms with van der Waals surface area (Å²) in [4.78, 5) is 2.61. The summed E-state index contributed by atoms with van der Waals surface area (Å²) in [6.07, 6.45) is 2.74. The molecule has 0 aromatic rings. The lowest BCUT2D eigenvalue weighted by atomic mass is 9.82. The third-order valence-corrected chi connectivity index (χ3v) is 3.52. The first kappa shape index (κ1) is 9.47. The molecule has 2 atom stereocenters. The van der Waals surface area contributed by atoms with E-state index in [0.717, 1.165) is 12.1 Å². The molecule has 76 valence electrons. The lowest BCUT2D eigenvalue weighted by molar-refractivity contribution is -0.0101. The van der Waals surface area contributed by atoms with Crippen LogP contribution in [0, 0.1) is 5.41 Å². The van der Waals surface area contributed by atoms with Gasteiger partial charge in [-0.3, -0.25) is 4.90 Å². The third-order valence-electron chi connectivity index (χ3n) is 3.52. The van der Waals surface area contributed by atoms with Crippen LogP contribution >= 0.6 is 0 Å². The van der Waals surface area contributed by atoms with E-state index in [1.807, 2.05) is 0 Å². The van der Waals surface area contributed by atoms with Gasteiger partial charge in [0.25, 0.3) is 0 Å². The van der Waals surface area contributed by atoms with Crippen molar-refractivity contribution in [2.45, 2.75) is 45.7 Å². The smallest absolute Gasteiger partial charge is 0.0221 e. The van der Waals surface area contributed by atoms with Gasteiger partial charge in [0.2, 0.25) is 0 Å². The van der Waals surface area contributed by atoms with Crippen molar-refractivity contribution in [2.75, 3.05) is 19.6 Å². The maximum Gasteiger partial charge on any atom is 0.0221 e. The normalized spacial score (nSPS) is 35.8. The van der Waals surface area contributed by atoms with Gasteiger partial charge >= 0.3 is 0 Å². The summed E-state index contributed by atoms with van der Waals surface area (Å²) in [6, 6.07) is 1.51. The number of nitrogens with one attached hydrogen (secondary N) is 1. The quantitative estimate of drug-likeness (QED) is 0.695. The van der Waals surface area contributed by atoms with Crippen LogP contribution in [0.15, 0.2) is 0 Å². The van der Waals surface area contributed by atoms with Crippen molar-refractivity contribution < 1.29 is 0 Å². The minimum absolute atomic E-state index is 0.576. The first-order chi connectivity index (χ1) is 6.08. The summed E-state index contributed by atoms with van der Waals surface area (Å²) >= 11 is 0. The Labute approximate surface area is 81.7 Å². The molecule has 2 aliphatic heterocycles. The molecule has 0 aromatic heterocycles. The zero-order valence-electron chi connectivity index (χ0n) is 9.14. The van der Waals surface area contributed by atoms with Crippen LogP contribution < -0.4 is 5.32 Å². The molecular formula is C11H22N2. The molecule has 0 saturated carbocycles. The van der Waals surface area contributed by atoms with Crippen LogP contribution in [-0.4, -0.2) is 36.6 Å². The van der Waals surface area contributed by atoms with Gasteiger partial charge in [-0.2, -0.15) is 0 Å². The van der Waals surface area contributed by atoms with E-state index in [9.17, 15) is 0 Å². The fourth-order valence-corrected chi connectivity index (χ4v) is 2.72. The van der Waals surface area contributed by atoms with Gasteiger partial charge in [0, 0.05) is 25.2 Å². The molecule has 0 bridgehead atoms. The summed E-state index contributed by atoms with van der Waals surface area (Å²) in [5.74, 6) is 0. The van der Waals surface area contributed by atoms with Gasteiger partial charge in [-0.05, 0) is 31.7 Å². The van der Waals surface area contributed by atoms with E-state index in [-0.39, 0.29) is 0 Å². The second-order valence-electron chi connectivity index (χ2n) is 5.51. The van der Waals surface area contributed by atoms with Gasteiger partial charge in [-0.15, -0.1) is 0 Å². The average molecular weight is 182 g/mol. The standard InChI is InChI=1S/C11H22N2/c1-9(10-5-4-6-12-10)13-7-11(2,3)8-13/h9-10,12H,4-8H2,1-3H3. The summed E-state index contributed by atoms with van der Waals surface area (Å²) in [7, 11) is 0. The summed E-state index contributed by atoms with van der Waals surface area (Å²) in [5.41, 5.74) is 0.576. The highest BCUT2D eigenvalue weighted by Gasteiger charge is 2.39. The number of hydrogen-bond donors (Lipinski definition) is 1. The monoisotopic (exact) mass is 182 g/mol. The van der Waals surface area contributed by atoms with Crippen molar-refractivity contribution in [3.05, 3.63) is 0 Å². The topological polar surface area (TPSA) is 15.3 Å². The predicted octanol–water partition coefficient (Wildman–Crippen LogP) is 1.47. The molecule has 13 heavy (non-hydrogen) atoms. The van der Waals surface area contributed by atoms with Crippen molar-refractivity contribution >= 4 is 0 Å². The molecular weight excluding hydrogens is 160 g/mol. The van der Waals surface area contributed by atoms with Crippen molar-refractivity contribution in [1.29, 1.82) is 0 Å². The highest BCUT2D eigenvalue weighted by atomic mass is 15.3. The summed E-state index contributed by atoms with van der Waals surface area (Å²) < 4.78 is 0. The minimum atomic E-state index is 0.576. The molecule has 2 heterocycles.